The number of hydrogen-bond donors (Lipinski definition) is 1. The maximum absolute atomic E-state index is 4.25. The van der Waals surface area contributed by atoms with E-state index in [1.165, 1.54) is 19.3 Å². The van der Waals surface area contributed by atoms with Gasteiger partial charge in [0.15, 0.2) is 0 Å². The van der Waals surface area contributed by atoms with Gasteiger partial charge < -0.3 is 5.32 Å². The van der Waals surface area contributed by atoms with E-state index in [4.69, 9.17) is 0 Å². The van der Waals surface area contributed by atoms with Crippen molar-refractivity contribution in [1.82, 2.24) is 9.97 Å². The Morgan fingerprint density at radius 3 is 2.57 bits per heavy atom. The Balaban J connectivity index is 2.00. The fourth-order valence-corrected chi connectivity index (χ4v) is 1.99. The zero-order valence-electron chi connectivity index (χ0n) is 8.83. The lowest BCUT2D eigenvalue weighted by Gasteiger charge is -2.16. The predicted molar refractivity (Wildman–Crippen MR) is 57.2 cm³/mol. The molecule has 2 unspecified atom stereocenters. The molecular weight excluding hydrogens is 174 g/mol. The molecule has 1 N–H and O–H groups in total. The van der Waals surface area contributed by atoms with Gasteiger partial charge in [0.1, 0.15) is 0 Å². The maximum atomic E-state index is 4.25. The maximum Gasteiger partial charge on any atom is 0.222 e. The van der Waals surface area contributed by atoms with E-state index in [0.29, 0.717) is 6.04 Å². The molecule has 1 fully saturated rings. The van der Waals surface area contributed by atoms with Crippen LogP contribution in [0.1, 0.15) is 31.7 Å². The molecule has 1 aliphatic carbocycles. The van der Waals surface area contributed by atoms with Crippen LogP contribution < -0.4 is 5.32 Å². The van der Waals surface area contributed by atoms with E-state index in [-0.39, 0.29) is 0 Å². The molecule has 1 aromatic heterocycles. The molecule has 2 rings (SSSR count). The van der Waals surface area contributed by atoms with E-state index < -0.39 is 0 Å². The lowest BCUT2D eigenvalue weighted by Crippen LogP contribution is -2.23. The highest BCUT2D eigenvalue weighted by Crippen LogP contribution is 2.26. The number of anilines is 1. The summed E-state index contributed by atoms with van der Waals surface area (Å²) in [6, 6.07) is 0.567. The monoisotopic (exact) mass is 191 g/mol. The van der Waals surface area contributed by atoms with Crippen molar-refractivity contribution in [3.05, 3.63) is 18.0 Å². The van der Waals surface area contributed by atoms with Crippen LogP contribution in [0.15, 0.2) is 12.4 Å². The van der Waals surface area contributed by atoms with Crippen LogP contribution >= 0.6 is 0 Å². The number of nitrogens with zero attached hydrogens (tertiary/aromatic N) is 2. The Bertz CT molecular complexity index is 294. The molecule has 0 amide bonds. The zero-order chi connectivity index (χ0) is 9.97. The first-order valence-corrected chi connectivity index (χ1v) is 5.31. The summed E-state index contributed by atoms with van der Waals surface area (Å²) >= 11 is 0. The molecule has 1 aliphatic rings. The fraction of sp³-hybridized carbons (Fsp3) is 0.636. The Kier molecular flexibility index (Phi) is 2.66. The summed E-state index contributed by atoms with van der Waals surface area (Å²) in [5.74, 6) is 1.52. The second-order valence-electron chi connectivity index (χ2n) is 4.24. The van der Waals surface area contributed by atoms with Crippen LogP contribution in [0.4, 0.5) is 5.95 Å². The predicted octanol–water partition coefficient (Wildman–Crippen LogP) is 2.39. The summed E-state index contributed by atoms with van der Waals surface area (Å²) in [7, 11) is 0. The molecule has 14 heavy (non-hydrogen) atoms. The minimum Gasteiger partial charge on any atom is -0.351 e. The van der Waals surface area contributed by atoms with Gasteiger partial charge in [0.25, 0.3) is 0 Å². The highest BCUT2D eigenvalue weighted by molar-refractivity contribution is 5.26. The van der Waals surface area contributed by atoms with Crippen LogP contribution in [-0.4, -0.2) is 16.0 Å². The standard InChI is InChI=1S/C11H17N3/c1-8-6-12-11(13-7-8)14-10-5-3-4-9(10)2/h6-7,9-10H,3-5H2,1-2H3,(H,12,13,14). The van der Waals surface area contributed by atoms with Gasteiger partial charge in [-0.25, -0.2) is 9.97 Å². The number of hydrogen-bond acceptors (Lipinski definition) is 3. The summed E-state index contributed by atoms with van der Waals surface area (Å²) in [5, 5.41) is 3.40. The van der Waals surface area contributed by atoms with Gasteiger partial charge in [-0.1, -0.05) is 13.3 Å². The van der Waals surface area contributed by atoms with Crippen LogP contribution in [0, 0.1) is 12.8 Å². The quantitative estimate of drug-likeness (QED) is 0.780. The molecule has 0 radical (unpaired) electrons. The highest BCUT2D eigenvalue weighted by Gasteiger charge is 2.23. The van der Waals surface area contributed by atoms with Gasteiger partial charge in [0.2, 0.25) is 5.95 Å². The van der Waals surface area contributed by atoms with Crippen molar-refractivity contribution in [2.24, 2.45) is 5.92 Å². The highest BCUT2D eigenvalue weighted by atomic mass is 15.1. The third kappa shape index (κ3) is 2.03. The topological polar surface area (TPSA) is 37.8 Å². The molecule has 76 valence electrons. The van der Waals surface area contributed by atoms with E-state index in [2.05, 4.69) is 22.2 Å². The molecule has 0 bridgehead atoms. The van der Waals surface area contributed by atoms with Gasteiger partial charge in [0, 0.05) is 18.4 Å². The van der Waals surface area contributed by atoms with Crippen molar-refractivity contribution >= 4 is 5.95 Å². The second kappa shape index (κ2) is 3.95. The summed E-state index contributed by atoms with van der Waals surface area (Å²) in [4.78, 5) is 8.51. The molecule has 0 aromatic carbocycles. The van der Waals surface area contributed by atoms with Crippen LogP contribution in [-0.2, 0) is 0 Å². The van der Waals surface area contributed by atoms with Crippen LogP contribution in [0.5, 0.6) is 0 Å². The van der Waals surface area contributed by atoms with Gasteiger partial charge in [-0.2, -0.15) is 0 Å². The van der Waals surface area contributed by atoms with Crippen molar-refractivity contribution in [3.63, 3.8) is 0 Å². The van der Waals surface area contributed by atoms with Crippen molar-refractivity contribution < 1.29 is 0 Å². The summed E-state index contributed by atoms with van der Waals surface area (Å²) in [6.07, 6.45) is 7.61. The van der Waals surface area contributed by atoms with Crippen molar-refractivity contribution in [3.8, 4) is 0 Å². The summed E-state index contributed by atoms with van der Waals surface area (Å²) < 4.78 is 0. The lowest BCUT2D eigenvalue weighted by atomic mass is 10.1. The Hall–Kier alpha value is -1.12. The molecule has 3 nitrogen and oxygen atoms in total. The SMILES string of the molecule is Cc1cnc(NC2CCCC2C)nc1. The van der Waals surface area contributed by atoms with Crippen molar-refractivity contribution in [2.45, 2.75) is 39.2 Å². The fourth-order valence-electron chi connectivity index (χ4n) is 1.99. The average Bonchev–Trinajstić information content (AvgIpc) is 2.56. The molecule has 1 aromatic rings. The molecule has 0 aliphatic heterocycles. The molecule has 0 saturated heterocycles. The van der Waals surface area contributed by atoms with E-state index >= 15 is 0 Å². The number of nitrogens with one attached hydrogen (secondary N) is 1. The Morgan fingerprint density at radius 1 is 1.29 bits per heavy atom. The molecule has 1 heterocycles. The molecule has 3 heteroatoms. The van der Waals surface area contributed by atoms with Gasteiger partial charge in [0.05, 0.1) is 0 Å². The minimum atomic E-state index is 0.567. The van der Waals surface area contributed by atoms with Crippen LogP contribution in [0.3, 0.4) is 0 Å². The first-order chi connectivity index (χ1) is 6.75. The molecule has 0 spiro atoms. The third-order valence-electron chi connectivity index (χ3n) is 2.96. The Labute approximate surface area is 85.0 Å². The Morgan fingerprint density at radius 2 is 2.00 bits per heavy atom. The van der Waals surface area contributed by atoms with Crippen LogP contribution in [0.2, 0.25) is 0 Å². The van der Waals surface area contributed by atoms with Crippen molar-refractivity contribution in [1.29, 1.82) is 0 Å². The third-order valence-corrected chi connectivity index (χ3v) is 2.96. The number of rotatable bonds is 2. The normalized spacial score (nSPS) is 26.4. The van der Waals surface area contributed by atoms with E-state index in [9.17, 15) is 0 Å². The first-order valence-electron chi connectivity index (χ1n) is 5.31. The minimum absolute atomic E-state index is 0.567. The van der Waals surface area contributed by atoms with Gasteiger partial charge >= 0.3 is 0 Å². The van der Waals surface area contributed by atoms with Crippen LogP contribution in [0.25, 0.3) is 0 Å². The summed E-state index contributed by atoms with van der Waals surface area (Å²) in [6.45, 7) is 4.29. The molecule has 1 saturated carbocycles. The zero-order valence-corrected chi connectivity index (χ0v) is 8.83. The van der Waals surface area contributed by atoms with Gasteiger partial charge in [-0.3, -0.25) is 0 Å². The van der Waals surface area contributed by atoms with E-state index in [1.807, 2.05) is 19.3 Å². The smallest absolute Gasteiger partial charge is 0.222 e. The van der Waals surface area contributed by atoms with Gasteiger partial charge in [-0.15, -0.1) is 0 Å². The van der Waals surface area contributed by atoms with Gasteiger partial charge in [-0.05, 0) is 31.2 Å². The van der Waals surface area contributed by atoms with E-state index in [1.54, 1.807) is 0 Å². The largest absolute Gasteiger partial charge is 0.351 e. The summed E-state index contributed by atoms with van der Waals surface area (Å²) in [5.41, 5.74) is 1.11. The molecule has 2 atom stereocenters. The second-order valence-corrected chi connectivity index (χ2v) is 4.24. The number of aromatic nitrogens is 2. The first kappa shape index (κ1) is 9.44. The number of aryl methyl sites for hydroxylation is 1. The lowest BCUT2D eigenvalue weighted by molar-refractivity contribution is 0.553. The average molecular weight is 191 g/mol. The molecular formula is C11H17N3. The van der Waals surface area contributed by atoms with Crippen molar-refractivity contribution in [2.75, 3.05) is 5.32 Å². The van der Waals surface area contributed by atoms with E-state index in [0.717, 1.165) is 17.4 Å².